The number of nitrogens with two attached hydrogens (primary N) is 1. The van der Waals surface area contributed by atoms with Crippen LogP contribution in [0.1, 0.15) is 48.5 Å². The van der Waals surface area contributed by atoms with Crippen molar-refractivity contribution in [3.63, 3.8) is 0 Å². The first-order valence-corrected chi connectivity index (χ1v) is 15.0. The number of carbonyl (C=O) groups excluding carboxylic acids is 6. The van der Waals surface area contributed by atoms with Crippen LogP contribution in [0.5, 0.6) is 5.75 Å². The van der Waals surface area contributed by atoms with Crippen molar-refractivity contribution in [2.45, 2.75) is 56.7 Å². The quantitative estimate of drug-likeness (QED) is 0.265. The molecule has 4 aliphatic carbocycles. The number of nitrogens with one attached hydrogen (secondary N) is 1. The number of aliphatic hydroxyl groups is 1. The summed E-state index contributed by atoms with van der Waals surface area (Å²) in [5.41, 5.74) is 2.94. The molecule has 7 rings (SSSR count). The lowest BCUT2D eigenvalue weighted by atomic mass is 9.52. The number of primary amides is 1. The van der Waals surface area contributed by atoms with E-state index in [1.165, 1.54) is 17.4 Å². The van der Waals surface area contributed by atoms with Crippen molar-refractivity contribution in [1.29, 1.82) is 0 Å². The minimum absolute atomic E-state index is 0.0143. The number of Topliss-reactive ketones (excluding diaryl/α,β-unsaturated/α-hetero) is 4. The van der Waals surface area contributed by atoms with Crippen molar-refractivity contribution < 1.29 is 39.0 Å². The summed E-state index contributed by atoms with van der Waals surface area (Å²) in [6.45, 7) is 3.21. The number of nitrogens with zero attached hydrogens (tertiary/aromatic N) is 2. The van der Waals surface area contributed by atoms with Gasteiger partial charge >= 0.3 is 0 Å². The normalized spacial score (nSPS) is 37.1. The van der Waals surface area contributed by atoms with Crippen molar-refractivity contribution in [3.8, 4) is 5.75 Å². The first-order valence-electron chi connectivity index (χ1n) is 15.0. The van der Waals surface area contributed by atoms with Crippen LogP contribution in [0.2, 0.25) is 0 Å². The van der Waals surface area contributed by atoms with E-state index in [9.17, 15) is 39.0 Å². The number of amides is 2. The largest absolute Gasteiger partial charge is 0.505 e. The molecule has 0 radical (unpaired) electrons. The van der Waals surface area contributed by atoms with E-state index in [2.05, 4.69) is 17.1 Å². The molecule has 0 aromatic heterocycles. The second kappa shape index (κ2) is 10.3. The van der Waals surface area contributed by atoms with E-state index in [0.29, 0.717) is 23.4 Å². The number of carbonyl (C=O) groups is 6. The third-order valence-electron chi connectivity index (χ3n) is 10.7. The van der Waals surface area contributed by atoms with Gasteiger partial charge in [-0.1, -0.05) is 13.0 Å². The maximum absolute atomic E-state index is 13.9. The number of fused-ring (bicyclic) bond motifs is 6. The van der Waals surface area contributed by atoms with E-state index in [1.807, 2.05) is 0 Å². The highest BCUT2D eigenvalue weighted by molar-refractivity contribution is 6.32. The fourth-order valence-corrected chi connectivity index (χ4v) is 8.90. The summed E-state index contributed by atoms with van der Waals surface area (Å²) >= 11 is 0. The van der Waals surface area contributed by atoms with Crippen LogP contribution in [0, 0.1) is 35.5 Å². The second-order valence-electron chi connectivity index (χ2n) is 13.5. The SMILES string of the molecule is CC1CC2CCC1N(CC(=O)Nc1ccc3c(c1O)C(=O)C1C(=O)[C@@]4(O)C(=O)C(C(N)=O)C(=O)[C@H](N(C)C)C4CC1C3)C2. The number of aromatic hydroxyl groups is 1. The van der Waals surface area contributed by atoms with Crippen LogP contribution in [0.25, 0.3) is 0 Å². The summed E-state index contributed by atoms with van der Waals surface area (Å²) in [6, 6.07) is 2.33. The predicted octanol–water partition coefficient (Wildman–Crippen LogP) is -0.0741. The molecule has 2 saturated heterocycles. The average molecular weight is 595 g/mol. The van der Waals surface area contributed by atoms with Gasteiger partial charge in [0, 0.05) is 18.5 Å². The molecule has 5 fully saturated rings. The number of rotatable bonds is 5. The average Bonchev–Trinajstić information content (AvgIpc) is 2.92. The van der Waals surface area contributed by atoms with Crippen LogP contribution >= 0.6 is 0 Å². The van der Waals surface area contributed by atoms with Crippen LogP contribution < -0.4 is 11.1 Å². The number of phenolic OH excluding ortho intramolecular Hbond substituents is 1. The Kier molecular flexibility index (Phi) is 7.09. The summed E-state index contributed by atoms with van der Waals surface area (Å²) in [7, 11) is 3.08. The Balaban J connectivity index is 1.28. The zero-order chi connectivity index (χ0) is 31.1. The Hall–Kier alpha value is -3.48. The van der Waals surface area contributed by atoms with Gasteiger partial charge in [0.05, 0.1) is 29.8 Å². The molecular weight excluding hydrogens is 556 g/mol. The molecule has 1 aromatic carbocycles. The molecule has 5 N–H and O–H groups in total. The molecule has 3 saturated carbocycles. The number of ketones is 4. The molecule has 2 amide bonds. The third kappa shape index (κ3) is 4.36. The maximum Gasteiger partial charge on any atom is 0.238 e. The van der Waals surface area contributed by atoms with Crippen molar-refractivity contribution in [2.75, 3.05) is 32.5 Å². The molecule has 12 nitrogen and oxygen atoms in total. The number of hydrogen-bond donors (Lipinski definition) is 4. The van der Waals surface area contributed by atoms with Gasteiger partial charge in [-0.05, 0) is 75.6 Å². The van der Waals surface area contributed by atoms with Gasteiger partial charge in [0.15, 0.2) is 34.7 Å². The van der Waals surface area contributed by atoms with E-state index in [1.54, 1.807) is 20.2 Å². The summed E-state index contributed by atoms with van der Waals surface area (Å²) in [4.78, 5) is 83.2. The molecular formula is C31H38N4O8. The lowest BCUT2D eigenvalue weighted by Crippen LogP contribution is -2.74. The Morgan fingerprint density at radius 2 is 1.84 bits per heavy atom. The lowest BCUT2D eigenvalue weighted by molar-refractivity contribution is -0.181. The smallest absolute Gasteiger partial charge is 0.238 e. The predicted molar refractivity (Wildman–Crippen MR) is 152 cm³/mol. The number of benzene rings is 1. The second-order valence-corrected chi connectivity index (χ2v) is 13.5. The van der Waals surface area contributed by atoms with Crippen molar-refractivity contribution in [1.82, 2.24) is 9.80 Å². The Labute approximate surface area is 248 Å². The van der Waals surface area contributed by atoms with Gasteiger partial charge in [0.1, 0.15) is 5.75 Å². The molecule has 2 heterocycles. The Bertz CT molecular complexity index is 1460. The first kappa shape index (κ1) is 29.6. The highest BCUT2D eigenvalue weighted by atomic mass is 16.3. The Morgan fingerprint density at radius 3 is 2.47 bits per heavy atom. The molecule has 12 heteroatoms. The topological polar surface area (TPSA) is 187 Å². The Morgan fingerprint density at radius 1 is 1.12 bits per heavy atom. The van der Waals surface area contributed by atoms with Gasteiger partial charge in [-0.2, -0.15) is 0 Å². The molecule has 2 bridgehead atoms. The molecule has 0 spiro atoms. The third-order valence-corrected chi connectivity index (χ3v) is 10.7. The van der Waals surface area contributed by atoms with Gasteiger partial charge in [-0.25, -0.2) is 0 Å². The zero-order valence-corrected chi connectivity index (χ0v) is 24.5. The van der Waals surface area contributed by atoms with E-state index >= 15 is 0 Å². The fourth-order valence-electron chi connectivity index (χ4n) is 8.90. The summed E-state index contributed by atoms with van der Waals surface area (Å²) < 4.78 is 0. The molecule has 230 valence electrons. The van der Waals surface area contributed by atoms with Gasteiger partial charge in [-0.3, -0.25) is 38.6 Å². The molecule has 9 atom stereocenters. The summed E-state index contributed by atoms with van der Waals surface area (Å²) in [5.74, 6) is -10.3. The lowest BCUT2D eigenvalue weighted by Gasteiger charge is -2.52. The standard InChI is InChI=1S/C31H38N4O8/c1-13-8-14-4-7-19(13)35(11-14)12-20(36)33-18-6-5-15-9-16-10-17-24(34(2)3)27(39)23(30(32)42)29(41)31(17,43)28(40)22(16)26(38)21(15)25(18)37/h5-6,13-14,16-17,19,22-24,37,43H,4,7-12H2,1-3H3,(H2,32,42)(H,33,36)/t13?,14?,16?,17?,19?,22?,23?,24-,31-/m1/s1. The fraction of sp³-hybridized carbons (Fsp3) is 0.613. The van der Waals surface area contributed by atoms with Crippen LogP contribution in [0.4, 0.5) is 5.69 Å². The number of likely N-dealkylation sites (N-methyl/N-ethyl adjacent to an activating group) is 1. The molecule has 1 aromatic rings. The maximum atomic E-state index is 13.9. The highest BCUT2D eigenvalue weighted by Gasteiger charge is 2.69. The summed E-state index contributed by atoms with van der Waals surface area (Å²) in [6.07, 6.45) is 3.53. The molecule has 7 unspecified atom stereocenters. The van der Waals surface area contributed by atoms with Crippen LogP contribution in [0.15, 0.2) is 12.1 Å². The highest BCUT2D eigenvalue weighted by Crippen LogP contribution is 2.51. The number of hydrogen-bond acceptors (Lipinski definition) is 10. The van der Waals surface area contributed by atoms with Crippen molar-refractivity contribution in [3.05, 3.63) is 23.3 Å². The summed E-state index contributed by atoms with van der Waals surface area (Å²) in [5, 5.41) is 25.6. The van der Waals surface area contributed by atoms with E-state index < -0.39 is 70.1 Å². The molecule has 43 heavy (non-hydrogen) atoms. The number of piperidine rings is 2. The minimum Gasteiger partial charge on any atom is -0.505 e. The van der Waals surface area contributed by atoms with Gasteiger partial charge in [-0.15, -0.1) is 0 Å². The van der Waals surface area contributed by atoms with Gasteiger partial charge in [0.25, 0.3) is 0 Å². The van der Waals surface area contributed by atoms with E-state index in [-0.39, 0.29) is 36.5 Å². The molecule has 2 aliphatic heterocycles. The molecule has 6 aliphatic rings. The monoisotopic (exact) mass is 594 g/mol. The van der Waals surface area contributed by atoms with Crippen molar-refractivity contribution in [2.24, 2.45) is 41.2 Å². The van der Waals surface area contributed by atoms with E-state index in [4.69, 9.17) is 5.73 Å². The van der Waals surface area contributed by atoms with Gasteiger partial charge < -0.3 is 21.3 Å². The number of phenols is 1. The minimum atomic E-state index is -2.77. The van der Waals surface area contributed by atoms with Crippen molar-refractivity contribution >= 4 is 40.6 Å². The first-order chi connectivity index (χ1) is 20.2. The zero-order valence-electron chi connectivity index (χ0n) is 24.5. The van der Waals surface area contributed by atoms with Crippen LogP contribution in [0.3, 0.4) is 0 Å². The van der Waals surface area contributed by atoms with Crippen LogP contribution in [-0.2, 0) is 30.4 Å². The number of anilines is 1. The van der Waals surface area contributed by atoms with Crippen LogP contribution in [-0.4, -0.2) is 99.8 Å². The van der Waals surface area contributed by atoms with E-state index in [0.717, 1.165) is 19.4 Å². The van der Waals surface area contributed by atoms with Gasteiger partial charge in [0.2, 0.25) is 11.8 Å².